The second-order valence-electron chi connectivity index (χ2n) is 6.62. The predicted octanol–water partition coefficient (Wildman–Crippen LogP) is 4.70. The van der Waals surface area contributed by atoms with Gasteiger partial charge in [-0.15, -0.1) is 0 Å². The van der Waals surface area contributed by atoms with Crippen LogP contribution in [0.3, 0.4) is 0 Å². The number of halogens is 3. The highest BCUT2D eigenvalue weighted by molar-refractivity contribution is 5.30. The van der Waals surface area contributed by atoms with E-state index < -0.39 is 22.6 Å². The minimum atomic E-state index is -4.33. The summed E-state index contributed by atoms with van der Waals surface area (Å²) >= 11 is 0. The van der Waals surface area contributed by atoms with Crippen LogP contribution in [0, 0.1) is 0 Å². The first-order valence-electron chi connectivity index (χ1n) is 5.92. The lowest BCUT2D eigenvalue weighted by Gasteiger charge is -2.25. The third-order valence-electron chi connectivity index (χ3n) is 2.69. The fraction of sp³-hybridized carbons (Fsp3) is 0.643. The number of pyridine rings is 1. The molecule has 0 bridgehead atoms. The number of aromatic nitrogens is 1. The largest absolute Gasteiger partial charge is 0.416 e. The second-order valence-corrected chi connectivity index (χ2v) is 6.62. The Morgan fingerprint density at radius 2 is 1.11 bits per heavy atom. The summed E-state index contributed by atoms with van der Waals surface area (Å²) in [5.41, 5.74) is -0.473. The summed E-state index contributed by atoms with van der Waals surface area (Å²) in [5, 5.41) is 0. The van der Waals surface area contributed by atoms with Crippen molar-refractivity contribution in [3.63, 3.8) is 0 Å². The molecule has 18 heavy (non-hydrogen) atoms. The molecule has 0 saturated heterocycles. The number of nitrogens with zero attached hydrogens (tertiary/aromatic N) is 1. The molecule has 0 radical (unpaired) electrons. The minimum Gasteiger partial charge on any atom is -0.257 e. The van der Waals surface area contributed by atoms with Crippen molar-refractivity contribution in [3.05, 3.63) is 29.1 Å². The van der Waals surface area contributed by atoms with Crippen molar-refractivity contribution < 1.29 is 13.2 Å². The summed E-state index contributed by atoms with van der Waals surface area (Å²) in [7, 11) is 0. The molecule has 0 aliphatic heterocycles. The molecule has 0 amide bonds. The van der Waals surface area contributed by atoms with Crippen molar-refractivity contribution >= 4 is 0 Å². The SMILES string of the molecule is CC(C)(C)c1cc(C(F)(F)F)cc(C(C)(C)C)n1. The van der Waals surface area contributed by atoms with E-state index in [4.69, 9.17) is 0 Å². The zero-order valence-corrected chi connectivity index (χ0v) is 11.7. The number of hydrogen-bond donors (Lipinski definition) is 0. The van der Waals surface area contributed by atoms with E-state index in [9.17, 15) is 13.2 Å². The van der Waals surface area contributed by atoms with Gasteiger partial charge in [-0.2, -0.15) is 13.2 Å². The summed E-state index contributed by atoms with van der Waals surface area (Å²) in [6.45, 7) is 11.2. The lowest BCUT2D eigenvalue weighted by molar-refractivity contribution is -0.137. The van der Waals surface area contributed by atoms with E-state index in [2.05, 4.69) is 4.98 Å². The molecule has 102 valence electrons. The Kier molecular flexibility index (Phi) is 3.54. The Bertz CT molecular complexity index is 355. The van der Waals surface area contributed by atoms with Gasteiger partial charge in [-0.25, -0.2) is 0 Å². The highest BCUT2D eigenvalue weighted by atomic mass is 19.4. The zero-order chi connectivity index (χ0) is 14.4. The standard InChI is InChI=1S/C14H20F3N/c1-12(2,3)10-7-9(14(15,16)17)8-11(18-10)13(4,5)6/h7-8H,1-6H3. The fourth-order valence-corrected chi connectivity index (χ4v) is 1.46. The maximum Gasteiger partial charge on any atom is 0.416 e. The Balaban J connectivity index is 3.49. The molecule has 1 aromatic rings. The molecule has 1 aromatic heterocycles. The molecule has 0 unspecified atom stereocenters. The minimum absolute atomic E-state index is 0.402. The quantitative estimate of drug-likeness (QED) is 0.658. The molecule has 0 aliphatic carbocycles. The highest BCUT2D eigenvalue weighted by Gasteiger charge is 2.34. The van der Waals surface area contributed by atoms with E-state index in [0.29, 0.717) is 11.4 Å². The van der Waals surface area contributed by atoms with Gasteiger partial charge in [-0.1, -0.05) is 41.5 Å². The fourth-order valence-electron chi connectivity index (χ4n) is 1.46. The van der Waals surface area contributed by atoms with Gasteiger partial charge in [0.2, 0.25) is 0 Å². The van der Waals surface area contributed by atoms with Crippen LogP contribution in [0.5, 0.6) is 0 Å². The lowest BCUT2D eigenvalue weighted by atomic mass is 9.86. The molecule has 4 heteroatoms. The molecular formula is C14H20F3N. The van der Waals surface area contributed by atoms with Gasteiger partial charge in [0.1, 0.15) is 0 Å². The average molecular weight is 259 g/mol. The molecule has 0 spiro atoms. The van der Waals surface area contributed by atoms with Gasteiger partial charge in [0.05, 0.1) is 5.56 Å². The first-order chi connectivity index (χ1) is 7.82. The van der Waals surface area contributed by atoms with Crippen LogP contribution in [0.25, 0.3) is 0 Å². The Hall–Kier alpha value is -1.06. The van der Waals surface area contributed by atoms with Crippen molar-refractivity contribution in [1.82, 2.24) is 4.98 Å². The Morgan fingerprint density at radius 1 is 0.778 bits per heavy atom. The van der Waals surface area contributed by atoms with Crippen molar-refractivity contribution in [2.24, 2.45) is 0 Å². The van der Waals surface area contributed by atoms with E-state index in [0.717, 1.165) is 12.1 Å². The van der Waals surface area contributed by atoms with Crippen LogP contribution in [0.2, 0.25) is 0 Å². The summed E-state index contributed by atoms with van der Waals surface area (Å²) in [6.07, 6.45) is -4.33. The van der Waals surface area contributed by atoms with Crippen LogP contribution >= 0.6 is 0 Å². The van der Waals surface area contributed by atoms with E-state index in [1.165, 1.54) is 0 Å². The number of rotatable bonds is 0. The monoisotopic (exact) mass is 259 g/mol. The maximum absolute atomic E-state index is 12.9. The van der Waals surface area contributed by atoms with E-state index in [1.54, 1.807) is 0 Å². The molecule has 0 saturated carbocycles. The lowest BCUT2D eigenvalue weighted by Crippen LogP contribution is -2.22. The highest BCUT2D eigenvalue weighted by Crippen LogP contribution is 2.34. The average Bonchev–Trinajstić information content (AvgIpc) is 2.13. The van der Waals surface area contributed by atoms with Crippen molar-refractivity contribution in [3.8, 4) is 0 Å². The van der Waals surface area contributed by atoms with Crippen LogP contribution in [0.1, 0.15) is 58.5 Å². The van der Waals surface area contributed by atoms with Crippen molar-refractivity contribution in [2.75, 3.05) is 0 Å². The summed E-state index contributed by atoms with van der Waals surface area (Å²) < 4.78 is 38.7. The first-order valence-corrected chi connectivity index (χ1v) is 5.92. The van der Waals surface area contributed by atoms with Crippen LogP contribution in [0.15, 0.2) is 12.1 Å². The number of hydrogen-bond acceptors (Lipinski definition) is 1. The van der Waals surface area contributed by atoms with E-state index in [1.807, 2.05) is 41.5 Å². The van der Waals surface area contributed by atoms with Crippen LogP contribution in [-0.4, -0.2) is 4.98 Å². The molecule has 0 atom stereocenters. The molecule has 0 aliphatic rings. The second kappa shape index (κ2) is 4.25. The first kappa shape index (κ1) is 15.0. The van der Waals surface area contributed by atoms with Crippen molar-refractivity contribution in [2.45, 2.75) is 58.5 Å². The maximum atomic E-state index is 12.9. The molecular weight excluding hydrogens is 239 g/mol. The summed E-state index contributed by atoms with van der Waals surface area (Å²) in [5.74, 6) is 0. The summed E-state index contributed by atoms with van der Waals surface area (Å²) in [4.78, 5) is 4.39. The van der Waals surface area contributed by atoms with Crippen LogP contribution in [-0.2, 0) is 17.0 Å². The van der Waals surface area contributed by atoms with Gasteiger partial charge in [0.25, 0.3) is 0 Å². The van der Waals surface area contributed by atoms with Crippen LogP contribution < -0.4 is 0 Å². The zero-order valence-electron chi connectivity index (χ0n) is 11.7. The normalized spacial score (nSPS) is 13.8. The number of alkyl halides is 3. The topological polar surface area (TPSA) is 12.9 Å². The molecule has 0 fully saturated rings. The van der Waals surface area contributed by atoms with Gasteiger partial charge in [-0.05, 0) is 12.1 Å². The van der Waals surface area contributed by atoms with Gasteiger partial charge >= 0.3 is 6.18 Å². The Morgan fingerprint density at radius 3 is 1.33 bits per heavy atom. The van der Waals surface area contributed by atoms with Gasteiger partial charge in [0.15, 0.2) is 0 Å². The third kappa shape index (κ3) is 3.47. The van der Waals surface area contributed by atoms with Crippen molar-refractivity contribution in [1.29, 1.82) is 0 Å². The molecule has 1 rings (SSSR count). The molecule has 0 N–H and O–H groups in total. The van der Waals surface area contributed by atoms with E-state index >= 15 is 0 Å². The van der Waals surface area contributed by atoms with Gasteiger partial charge in [-0.3, -0.25) is 4.98 Å². The molecule has 0 aromatic carbocycles. The third-order valence-corrected chi connectivity index (χ3v) is 2.69. The van der Waals surface area contributed by atoms with Crippen LogP contribution in [0.4, 0.5) is 13.2 Å². The Labute approximate surface area is 106 Å². The van der Waals surface area contributed by atoms with Gasteiger partial charge < -0.3 is 0 Å². The molecule has 1 heterocycles. The summed E-state index contributed by atoms with van der Waals surface area (Å²) in [6, 6.07) is 2.30. The smallest absolute Gasteiger partial charge is 0.257 e. The van der Waals surface area contributed by atoms with Gasteiger partial charge in [0, 0.05) is 22.2 Å². The predicted molar refractivity (Wildman–Crippen MR) is 66.6 cm³/mol. The van der Waals surface area contributed by atoms with E-state index in [-0.39, 0.29) is 0 Å². The molecule has 1 nitrogen and oxygen atoms in total.